The maximum atomic E-state index is 6.02. The van der Waals surface area contributed by atoms with E-state index < -0.39 is 0 Å². The first-order valence-corrected chi connectivity index (χ1v) is 11.4. The van der Waals surface area contributed by atoms with E-state index in [4.69, 9.17) is 18.9 Å². The van der Waals surface area contributed by atoms with Gasteiger partial charge in [-0.15, -0.1) is 0 Å². The van der Waals surface area contributed by atoms with Crippen molar-refractivity contribution in [2.24, 2.45) is 10.9 Å². The molecule has 2 fully saturated rings. The maximum Gasteiger partial charge on any atom is 0.212 e. The van der Waals surface area contributed by atoms with Crippen LogP contribution in [0.25, 0.3) is 5.70 Å². The summed E-state index contributed by atoms with van der Waals surface area (Å²) < 4.78 is 23.1. The Kier molecular flexibility index (Phi) is 6.34. The highest BCUT2D eigenvalue weighted by molar-refractivity contribution is 5.96. The lowest BCUT2D eigenvalue weighted by Crippen LogP contribution is -2.35. The van der Waals surface area contributed by atoms with Gasteiger partial charge in [0.05, 0.1) is 32.1 Å². The number of rotatable bonds is 6. The average molecular weight is 413 g/mol. The fourth-order valence-electron chi connectivity index (χ4n) is 4.79. The Morgan fingerprint density at radius 3 is 2.93 bits per heavy atom. The van der Waals surface area contributed by atoms with Gasteiger partial charge < -0.3 is 23.8 Å². The summed E-state index contributed by atoms with van der Waals surface area (Å²) >= 11 is 0. The molecule has 0 unspecified atom stereocenters. The monoisotopic (exact) mass is 412 g/mol. The zero-order valence-corrected chi connectivity index (χ0v) is 17.7. The third-order valence-corrected chi connectivity index (χ3v) is 6.49. The van der Waals surface area contributed by atoms with E-state index in [1.807, 2.05) is 0 Å². The molecule has 1 saturated heterocycles. The zero-order chi connectivity index (χ0) is 20.2. The number of nitrogens with zero attached hydrogens (tertiary/aromatic N) is 2. The van der Waals surface area contributed by atoms with E-state index in [9.17, 15) is 0 Å². The van der Waals surface area contributed by atoms with Gasteiger partial charge in [-0.25, -0.2) is 4.99 Å². The molecular formula is C24H32N2O4. The Bertz CT molecular complexity index is 794. The molecule has 0 radical (unpaired) electrons. The van der Waals surface area contributed by atoms with Gasteiger partial charge >= 0.3 is 0 Å². The van der Waals surface area contributed by atoms with E-state index in [1.54, 1.807) is 0 Å². The van der Waals surface area contributed by atoms with E-state index >= 15 is 0 Å². The van der Waals surface area contributed by atoms with Crippen LogP contribution in [0.15, 0.2) is 29.3 Å². The molecule has 1 aromatic rings. The van der Waals surface area contributed by atoms with Gasteiger partial charge in [0.2, 0.25) is 5.90 Å². The molecule has 3 heterocycles. The van der Waals surface area contributed by atoms with Crippen LogP contribution < -0.4 is 0 Å². The van der Waals surface area contributed by atoms with Crippen molar-refractivity contribution in [2.75, 3.05) is 46.2 Å². The second-order valence-electron chi connectivity index (χ2n) is 8.72. The number of hydrogen-bond acceptors (Lipinski definition) is 6. The largest absolute Gasteiger partial charge is 0.475 e. The quantitative estimate of drug-likeness (QED) is 0.717. The van der Waals surface area contributed by atoms with Crippen molar-refractivity contribution in [2.45, 2.75) is 44.8 Å². The molecule has 162 valence electrons. The highest BCUT2D eigenvalue weighted by Gasteiger charge is 2.25. The minimum Gasteiger partial charge on any atom is -0.475 e. The maximum absolute atomic E-state index is 6.02. The molecule has 1 aromatic carbocycles. The lowest BCUT2D eigenvalue weighted by Gasteiger charge is -2.34. The molecule has 0 amide bonds. The Balaban J connectivity index is 1.21. The van der Waals surface area contributed by atoms with Gasteiger partial charge in [0.1, 0.15) is 19.4 Å². The summed E-state index contributed by atoms with van der Waals surface area (Å²) in [6.45, 7) is 5.62. The number of aliphatic imine (C=N–C) groups is 1. The first-order chi connectivity index (χ1) is 14.8. The summed E-state index contributed by atoms with van der Waals surface area (Å²) in [4.78, 5) is 6.92. The highest BCUT2D eigenvalue weighted by Crippen LogP contribution is 2.32. The summed E-state index contributed by atoms with van der Waals surface area (Å²) in [5.74, 6) is 1.46. The first-order valence-electron chi connectivity index (χ1n) is 11.4. The standard InChI is InChI=1S/C24H32N2O4/c1-2-4-18(3-1)13-28-14-19-5-6-22-20(11-19)7-8-26-17-25-24(12-23(22)26)30-16-21-15-27-9-10-29-21/h5-6,11-12,18,21H,1-4,7-10,13-17H2/t21-/m0/s1. The highest BCUT2D eigenvalue weighted by atomic mass is 16.6. The topological polar surface area (TPSA) is 52.5 Å². The van der Waals surface area contributed by atoms with E-state index in [2.05, 4.69) is 34.2 Å². The number of ether oxygens (including phenoxy) is 4. The molecule has 3 aliphatic heterocycles. The van der Waals surface area contributed by atoms with Crippen LogP contribution in [-0.4, -0.2) is 63.1 Å². The van der Waals surface area contributed by atoms with Crippen molar-refractivity contribution >= 4 is 11.6 Å². The number of fused-ring (bicyclic) bond motifs is 3. The molecule has 1 atom stereocenters. The van der Waals surface area contributed by atoms with Gasteiger partial charge in [-0.3, -0.25) is 0 Å². The normalized spacial score (nSPS) is 24.1. The van der Waals surface area contributed by atoms with E-state index in [1.165, 1.54) is 48.1 Å². The van der Waals surface area contributed by atoms with Crippen molar-refractivity contribution in [3.8, 4) is 0 Å². The van der Waals surface area contributed by atoms with Gasteiger partial charge in [0.25, 0.3) is 0 Å². The molecule has 1 aliphatic carbocycles. The number of benzene rings is 1. The third-order valence-electron chi connectivity index (χ3n) is 6.49. The Morgan fingerprint density at radius 1 is 1.13 bits per heavy atom. The van der Waals surface area contributed by atoms with Crippen molar-refractivity contribution in [1.29, 1.82) is 0 Å². The minimum absolute atomic E-state index is 0.0108. The summed E-state index contributed by atoms with van der Waals surface area (Å²) in [5, 5.41) is 0. The molecule has 6 nitrogen and oxygen atoms in total. The fourth-order valence-corrected chi connectivity index (χ4v) is 4.79. The van der Waals surface area contributed by atoms with E-state index in [0.29, 0.717) is 45.6 Å². The molecule has 30 heavy (non-hydrogen) atoms. The van der Waals surface area contributed by atoms with Gasteiger partial charge in [0, 0.05) is 24.8 Å². The molecule has 0 bridgehead atoms. The van der Waals surface area contributed by atoms with Crippen molar-refractivity contribution in [3.63, 3.8) is 0 Å². The van der Waals surface area contributed by atoms with Gasteiger partial charge in [0.15, 0.2) is 0 Å². The fraction of sp³-hybridized carbons (Fsp3) is 0.625. The van der Waals surface area contributed by atoms with Gasteiger partial charge in [-0.1, -0.05) is 31.0 Å². The summed E-state index contributed by atoms with van der Waals surface area (Å²) in [7, 11) is 0. The average Bonchev–Trinajstić information content (AvgIpc) is 3.31. The molecular weight excluding hydrogens is 380 g/mol. The van der Waals surface area contributed by atoms with Crippen LogP contribution in [0.4, 0.5) is 0 Å². The Hall–Kier alpha value is -1.89. The van der Waals surface area contributed by atoms with E-state index in [-0.39, 0.29) is 6.10 Å². The Labute approximate surface area is 178 Å². The van der Waals surface area contributed by atoms with Crippen molar-refractivity contribution < 1.29 is 18.9 Å². The SMILES string of the molecule is C1=C2c3ccc(COCC4CCCC4)cc3CCN2CN=C1OC[C@@H]1COCCO1. The van der Waals surface area contributed by atoms with Gasteiger partial charge in [-0.2, -0.15) is 0 Å². The predicted octanol–water partition coefficient (Wildman–Crippen LogP) is 3.39. The molecule has 4 aliphatic rings. The number of hydrogen-bond donors (Lipinski definition) is 0. The van der Waals surface area contributed by atoms with Crippen LogP contribution >= 0.6 is 0 Å². The lowest BCUT2D eigenvalue weighted by molar-refractivity contribution is -0.103. The Morgan fingerprint density at radius 2 is 2.07 bits per heavy atom. The van der Waals surface area contributed by atoms with Crippen LogP contribution in [0, 0.1) is 5.92 Å². The summed E-state index contributed by atoms with van der Waals surface area (Å²) in [6.07, 6.45) is 8.51. The van der Waals surface area contributed by atoms with Crippen LogP contribution in [0.2, 0.25) is 0 Å². The zero-order valence-electron chi connectivity index (χ0n) is 17.7. The summed E-state index contributed by atoms with van der Waals surface area (Å²) in [6, 6.07) is 6.77. The molecule has 0 N–H and O–H groups in total. The smallest absolute Gasteiger partial charge is 0.212 e. The predicted molar refractivity (Wildman–Crippen MR) is 115 cm³/mol. The molecule has 0 aromatic heterocycles. The third kappa shape index (κ3) is 4.71. The second-order valence-corrected chi connectivity index (χ2v) is 8.72. The molecule has 5 rings (SSSR count). The van der Waals surface area contributed by atoms with Crippen LogP contribution in [0.3, 0.4) is 0 Å². The lowest BCUT2D eigenvalue weighted by atomic mass is 9.94. The van der Waals surface area contributed by atoms with Crippen molar-refractivity contribution in [3.05, 3.63) is 41.0 Å². The second kappa shape index (κ2) is 9.50. The molecule has 6 heteroatoms. The minimum atomic E-state index is -0.0108. The first kappa shape index (κ1) is 20.0. The summed E-state index contributed by atoms with van der Waals surface area (Å²) in [5.41, 5.74) is 5.16. The molecule has 1 saturated carbocycles. The van der Waals surface area contributed by atoms with Crippen LogP contribution in [0.1, 0.15) is 42.4 Å². The van der Waals surface area contributed by atoms with Crippen LogP contribution in [0.5, 0.6) is 0 Å². The van der Waals surface area contributed by atoms with Gasteiger partial charge in [-0.05, 0) is 36.3 Å². The van der Waals surface area contributed by atoms with E-state index in [0.717, 1.165) is 25.5 Å². The van der Waals surface area contributed by atoms with Crippen LogP contribution in [-0.2, 0) is 32.0 Å². The van der Waals surface area contributed by atoms with Crippen molar-refractivity contribution in [1.82, 2.24) is 4.90 Å². The molecule has 0 spiro atoms.